The average Bonchev–Trinajstić information content (AvgIpc) is 1.91. The predicted molar refractivity (Wildman–Crippen MR) is 26.5 cm³/mol. The zero-order valence-electron chi connectivity index (χ0n) is 4.05. The van der Waals surface area contributed by atoms with Gasteiger partial charge in [0.1, 0.15) is 5.82 Å². The van der Waals surface area contributed by atoms with E-state index in [0.29, 0.717) is 5.82 Å². The van der Waals surface area contributed by atoms with Crippen molar-refractivity contribution < 1.29 is 0 Å². The zero-order valence-corrected chi connectivity index (χ0v) is 4.05. The Morgan fingerprint density at radius 3 is 2.86 bits per heavy atom. The maximum Gasteiger partial charge on any atom is 0.129 e. The molecule has 0 saturated heterocycles. The van der Waals surface area contributed by atoms with Gasteiger partial charge in [-0.25, -0.2) is 0 Å². The SMILES string of the molecule is Cn1nc[c]c1N. The van der Waals surface area contributed by atoms with Crippen LogP contribution in [0, 0.1) is 6.07 Å². The molecule has 2 N–H and O–H groups in total. The third-order valence-electron chi connectivity index (χ3n) is 0.792. The normalized spacial score (nSPS) is 9.29. The molecule has 3 nitrogen and oxygen atoms in total. The van der Waals surface area contributed by atoms with Crippen LogP contribution < -0.4 is 5.73 Å². The lowest BCUT2D eigenvalue weighted by molar-refractivity contribution is 0.779. The van der Waals surface area contributed by atoms with Gasteiger partial charge in [-0.05, 0) is 0 Å². The monoisotopic (exact) mass is 96.1 g/mol. The predicted octanol–water partition coefficient (Wildman–Crippen LogP) is -0.198. The van der Waals surface area contributed by atoms with Gasteiger partial charge in [0.25, 0.3) is 0 Å². The van der Waals surface area contributed by atoms with Gasteiger partial charge in [0.2, 0.25) is 0 Å². The summed E-state index contributed by atoms with van der Waals surface area (Å²) in [5, 5.41) is 3.75. The molecule has 1 heterocycles. The Bertz CT molecular complexity index is 139. The number of hydrogen-bond donors (Lipinski definition) is 1. The van der Waals surface area contributed by atoms with E-state index in [4.69, 9.17) is 5.73 Å². The van der Waals surface area contributed by atoms with Crippen LogP contribution in [0.3, 0.4) is 0 Å². The minimum absolute atomic E-state index is 0.569. The van der Waals surface area contributed by atoms with E-state index in [1.165, 1.54) is 6.20 Å². The first-order valence-electron chi connectivity index (χ1n) is 1.96. The standard InChI is InChI=1S/C4H6N3/c1-7-4(5)2-3-6-7/h3H,5H2,1H3. The van der Waals surface area contributed by atoms with Crippen molar-refractivity contribution in [3.8, 4) is 0 Å². The van der Waals surface area contributed by atoms with Crippen molar-refractivity contribution in [3.63, 3.8) is 0 Å². The number of nitrogen functional groups attached to an aromatic ring is 1. The van der Waals surface area contributed by atoms with Gasteiger partial charge in [-0.1, -0.05) is 0 Å². The average molecular weight is 96.1 g/mol. The van der Waals surface area contributed by atoms with Crippen LogP contribution in [0.1, 0.15) is 0 Å². The summed E-state index contributed by atoms with van der Waals surface area (Å²) in [6.45, 7) is 0. The van der Waals surface area contributed by atoms with E-state index in [1.54, 1.807) is 11.7 Å². The second kappa shape index (κ2) is 1.26. The molecule has 1 aromatic heterocycles. The summed E-state index contributed by atoms with van der Waals surface area (Å²) >= 11 is 0. The Morgan fingerprint density at radius 1 is 2.00 bits per heavy atom. The molecule has 0 aliphatic carbocycles. The minimum atomic E-state index is 0.569. The lowest BCUT2D eigenvalue weighted by Crippen LogP contribution is -1.96. The van der Waals surface area contributed by atoms with Crippen molar-refractivity contribution in [2.45, 2.75) is 0 Å². The number of anilines is 1. The summed E-state index contributed by atoms with van der Waals surface area (Å²) < 4.78 is 1.56. The van der Waals surface area contributed by atoms with Crippen LogP contribution in [0.25, 0.3) is 0 Å². The largest absolute Gasteiger partial charge is 0.383 e. The highest BCUT2D eigenvalue weighted by molar-refractivity contribution is 5.23. The fourth-order valence-corrected chi connectivity index (χ4v) is 0.337. The number of aromatic nitrogens is 2. The topological polar surface area (TPSA) is 43.8 Å². The number of rotatable bonds is 0. The van der Waals surface area contributed by atoms with Gasteiger partial charge in [0.15, 0.2) is 0 Å². The summed E-state index contributed by atoms with van der Waals surface area (Å²) in [5.74, 6) is 0.569. The van der Waals surface area contributed by atoms with Gasteiger partial charge < -0.3 is 5.73 Å². The number of nitrogens with zero attached hydrogens (tertiary/aromatic N) is 2. The van der Waals surface area contributed by atoms with E-state index in [0.717, 1.165) is 0 Å². The lowest BCUT2D eigenvalue weighted by Gasteiger charge is -1.87. The highest BCUT2D eigenvalue weighted by Gasteiger charge is 1.85. The first-order valence-corrected chi connectivity index (χ1v) is 1.96. The second-order valence-electron chi connectivity index (χ2n) is 1.30. The molecule has 1 rings (SSSR count). The van der Waals surface area contributed by atoms with Crippen LogP contribution in [0.5, 0.6) is 0 Å². The van der Waals surface area contributed by atoms with Crippen molar-refractivity contribution in [2.24, 2.45) is 7.05 Å². The fraction of sp³-hybridized carbons (Fsp3) is 0.250. The number of hydrogen-bond acceptors (Lipinski definition) is 2. The van der Waals surface area contributed by atoms with Crippen LogP contribution >= 0.6 is 0 Å². The molecule has 0 aliphatic rings. The van der Waals surface area contributed by atoms with Crippen molar-refractivity contribution in [3.05, 3.63) is 12.3 Å². The molecule has 3 heteroatoms. The fourth-order valence-electron chi connectivity index (χ4n) is 0.337. The van der Waals surface area contributed by atoms with Gasteiger partial charge in [-0.3, -0.25) is 4.68 Å². The van der Waals surface area contributed by atoms with Crippen LogP contribution in [0.2, 0.25) is 0 Å². The highest BCUT2D eigenvalue weighted by atomic mass is 15.3. The van der Waals surface area contributed by atoms with Gasteiger partial charge in [-0.15, -0.1) is 0 Å². The molecule has 0 atom stereocenters. The Balaban J connectivity index is 3.12. The molecule has 0 bridgehead atoms. The molecular formula is C4H6N3. The zero-order chi connectivity index (χ0) is 5.28. The maximum atomic E-state index is 5.28. The van der Waals surface area contributed by atoms with E-state index in [-0.39, 0.29) is 0 Å². The third-order valence-corrected chi connectivity index (χ3v) is 0.792. The first kappa shape index (κ1) is 4.18. The van der Waals surface area contributed by atoms with Gasteiger partial charge >= 0.3 is 0 Å². The maximum absolute atomic E-state index is 5.28. The van der Waals surface area contributed by atoms with Crippen LogP contribution in [-0.4, -0.2) is 9.78 Å². The molecule has 37 valence electrons. The van der Waals surface area contributed by atoms with Crippen molar-refractivity contribution >= 4 is 5.82 Å². The van der Waals surface area contributed by atoms with Crippen molar-refractivity contribution in [1.82, 2.24) is 9.78 Å². The second-order valence-corrected chi connectivity index (χ2v) is 1.30. The van der Waals surface area contributed by atoms with Gasteiger partial charge in [0, 0.05) is 13.1 Å². The molecular weight excluding hydrogens is 90.1 g/mol. The summed E-state index contributed by atoms with van der Waals surface area (Å²) in [6, 6.07) is 2.70. The molecule has 7 heavy (non-hydrogen) atoms. The summed E-state index contributed by atoms with van der Waals surface area (Å²) in [7, 11) is 1.77. The third kappa shape index (κ3) is 0.559. The molecule has 1 aromatic rings. The smallest absolute Gasteiger partial charge is 0.129 e. The Labute approximate surface area is 41.7 Å². The van der Waals surface area contributed by atoms with Gasteiger partial charge in [-0.2, -0.15) is 5.10 Å². The minimum Gasteiger partial charge on any atom is -0.383 e. The number of aryl methyl sites for hydroxylation is 1. The molecule has 0 spiro atoms. The van der Waals surface area contributed by atoms with E-state index in [2.05, 4.69) is 11.2 Å². The van der Waals surface area contributed by atoms with E-state index in [1.807, 2.05) is 0 Å². The lowest BCUT2D eigenvalue weighted by atomic mass is 10.7. The molecule has 1 radical (unpaired) electrons. The Morgan fingerprint density at radius 2 is 2.71 bits per heavy atom. The van der Waals surface area contributed by atoms with E-state index >= 15 is 0 Å². The van der Waals surface area contributed by atoms with Crippen molar-refractivity contribution in [2.75, 3.05) is 5.73 Å². The molecule has 0 aliphatic heterocycles. The van der Waals surface area contributed by atoms with Gasteiger partial charge in [0.05, 0.1) is 6.20 Å². The summed E-state index contributed by atoms with van der Waals surface area (Å²) in [5.41, 5.74) is 5.28. The Kier molecular flexibility index (Phi) is 0.749. The van der Waals surface area contributed by atoms with Crippen molar-refractivity contribution in [1.29, 1.82) is 0 Å². The summed E-state index contributed by atoms with van der Waals surface area (Å²) in [6.07, 6.45) is 1.54. The van der Waals surface area contributed by atoms with E-state index < -0.39 is 0 Å². The molecule has 0 amide bonds. The first-order chi connectivity index (χ1) is 3.30. The number of nitrogens with two attached hydrogens (primary N) is 1. The molecule has 0 unspecified atom stereocenters. The molecule has 0 fully saturated rings. The molecule has 0 aromatic carbocycles. The van der Waals surface area contributed by atoms with Crippen LogP contribution in [0.4, 0.5) is 5.82 Å². The van der Waals surface area contributed by atoms with Crippen LogP contribution in [-0.2, 0) is 7.05 Å². The van der Waals surface area contributed by atoms with Crippen LogP contribution in [0.15, 0.2) is 6.20 Å². The quantitative estimate of drug-likeness (QED) is 0.486. The summed E-state index contributed by atoms with van der Waals surface area (Å²) in [4.78, 5) is 0. The van der Waals surface area contributed by atoms with E-state index in [9.17, 15) is 0 Å². The Hall–Kier alpha value is -0.990. The highest BCUT2D eigenvalue weighted by Crippen LogP contribution is 1.91. The molecule has 0 saturated carbocycles.